The molecular weight excluding hydrogens is 308 g/mol. The van der Waals surface area contributed by atoms with Gasteiger partial charge in [0.2, 0.25) is 12.7 Å². The lowest BCUT2D eigenvalue weighted by Crippen LogP contribution is -2.23. The van der Waals surface area contributed by atoms with E-state index < -0.39 is 0 Å². The van der Waals surface area contributed by atoms with Crippen LogP contribution >= 0.6 is 0 Å². The van der Waals surface area contributed by atoms with Gasteiger partial charge in [-0.2, -0.15) is 0 Å². The molecule has 0 fully saturated rings. The highest BCUT2D eigenvalue weighted by Crippen LogP contribution is 2.32. The van der Waals surface area contributed by atoms with Crippen molar-refractivity contribution >= 4 is 11.6 Å². The van der Waals surface area contributed by atoms with E-state index in [1.165, 1.54) is 0 Å². The van der Waals surface area contributed by atoms with E-state index in [-0.39, 0.29) is 12.7 Å². The van der Waals surface area contributed by atoms with Gasteiger partial charge in [0.15, 0.2) is 11.5 Å². The van der Waals surface area contributed by atoms with E-state index in [1.54, 1.807) is 6.07 Å². The number of rotatable bonds is 7. The highest BCUT2D eigenvalue weighted by molar-refractivity contribution is 5.75. The number of para-hydroxylation sites is 2. The Bertz CT molecular complexity index is 718. The number of nitrogens with one attached hydrogen (secondary N) is 1. The fourth-order valence-corrected chi connectivity index (χ4v) is 2.37. The van der Waals surface area contributed by atoms with Crippen LogP contribution in [-0.2, 0) is 11.3 Å². The SMILES string of the molecule is Nc1ccccc1OCCCC(=O)NCc1ccc2c(c1)OCO2. The first kappa shape index (κ1) is 16.0. The van der Waals surface area contributed by atoms with Crippen LogP contribution < -0.4 is 25.3 Å². The smallest absolute Gasteiger partial charge is 0.231 e. The fraction of sp³-hybridized carbons (Fsp3) is 0.278. The Morgan fingerprint density at radius 1 is 1.17 bits per heavy atom. The Kier molecular flexibility index (Phi) is 5.05. The number of nitrogens with two attached hydrogens (primary N) is 1. The number of carbonyl (C=O) groups is 1. The van der Waals surface area contributed by atoms with Gasteiger partial charge in [0, 0.05) is 13.0 Å². The van der Waals surface area contributed by atoms with Gasteiger partial charge in [-0.1, -0.05) is 18.2 Å². The van der Waals surface area contributed by atoms with Crippen LogP contribution in [0.3, 0.4) is 0 Å². The van der Waals surface area contributed by atoms with Gasteiger partial charge in [0.05, 0.1) is 12.3 Å². The number of hydrogen-bond acceptors (Lipinski definition) is 5. The molecule has 1 aliphatic rings. The molecule has 1 amide bonds. The first-order valence-corrected chi connectivity index (χ1v) is 7.85. The fourth-order valence-electron chi connectivity index (χ4n) is 2.37. The van der Waals surface area contributed by atoms with Crippen molar-refractivity contribution < 1.29 is 19.0 Å². The van der Waals surface area contributed by atoms with Crippen LogP contribution in [-0.4, -0.2) is 19.3 Å². The van der Waals surface area contributed by atoms with Crippen LogP contribution in [0.4, 0.5) is 5.69 Å². The Labute approximate surface area is 140 Å². The second-order valence-corrected chi connectivity index (χ2v) is 5.45. The van der Waals surface area contributed by atoms with E-state index >= 15 is 0 Å². The molecule has 3 N–H and O–H groups in total. The maximum Gasteiger partial charge on any atom is 0.231 e. The summed E-state index contributed by atoms with van der Waals surface area (Å²) in [5.41, 5.74) is 7.36. The summed E-state index contributed by atoms with van der Waals surface area (Å²) in [6, 6.07) is 13.0. The zero-order chi connectivity index (χ0) is 16.8. The number of amides is 1. The summed E-state index contributed by atoms with van der Waals surface area (Å²) in [6.45, 7) is 1.16. The third-order valence-corrected chi connectivity index (χ3v) is 3.65. The Hall–Kier alpha value is -2.89. The molecule has 0 aliphatic carbocycles. The van der Waals surface area contributed by atoms with Crippen molar-refractivity contribution in [3.63, 3.8) is 0 Å². The standard InChI is InChI=1S/C18H20N2O4/c19-14-4-1-2-5-15(14)22-9-3-6-18(21)20-11-13-7-8-16-17(10-13)24-12-23-16/h1-2,4-5,7-8,10H,3,6,9,11-12,19H2,(H,20,21). The van der Waals surface area contributed by atoms with E-state index in [1.807, 2.05) is 36.4 Å². The largest absolute Gasteiger partial charge is 0.491 e. The molecule has 0 bridgehead atoms. The van der Waals surface area contributed by atoms with Crippen molar-refractivity contribution in [2.75, 3.05) is 19.1 Å². The lowest BCUT2D eigenvalue weighted by atomic mass is 10.2. The monoisotopic (exact) mass is 328 g/mol. The molecule has 6 nitrogen and oxygen atoms in total. The summed E-state index contributed by atoms with van der Waals surface area (Å²) >= 11 is 0. The van der Waals surface area contributed by atoms with Crippen molar-refractivity contribution in [3.8, 4) is 17.2 Å². The van der Waals surface area contributed by atoms with E-state index in [2.05, 4.69) is 5.32 Å². The third-order valence-electron chi connectivity index (χ3n) is 3.65. The van der Waals surface area contributed by atoms with Gasteiger partial charge >= 0.3 is 0 Å². The minimum absolute atomic E-state index is 0.0164. The van der Waals surface area contributed by atoms with Crippen molar-refractivity contribution in [1.82, 2.24) is 5.32 Å². The molecule has 1 heterocycles. The highest BCUT2D eigenvalue weighted by atomic mass is 16.7. The van der Waals surface area contributed by atoms with Crippen LogP contribution in [0.5, 0.6) is 17.2 Å². The number of carbonyl (C=O) groups excluding carboxylic acids is 1. The first-order chi connectivity index (χ1) is 11.7. The van der Waals surface area contributed by atoms with Gasteiger partial charge in [-0.05, 0) is 36.2 Å². The number of nitrogen functional groups attached to an aromatic ring is 1. The Balaban J connectivity index is 1.36. The number of hydrogen-bond donors (Lipinski definition) is 2. The van der Waals surface area contributed by atoms with E-state index in [4.69, 9.17) is 19.9 Å². The zero-order valence-electron chi connectivity index (χ0n) is 13.3. The zero-order valence-corrected chi connectivity index (χ0v) is 13.3. The molecule has 2 aromatic carbocycles. The van der Waals surface area contributed by atoms with Crippen molar-refractivity contribution in [2.24, 2.45) is 0 Å². The van der Waals surface area contributed by atoms with Gasteiger partial charge < -0.3 is 25.3 Å². The minimum atomic E-state index is -0.0164. The van der Waals surface area contributed by atoms with Crippen molar-refractivity contribution in [2.45, 2.75) is 19.4 Å². The average Bonchev–Trinajstić information content (AvgIpc) is 3.06. The predicted octanol–water partition coefficient (Wildman–Crippen LogP) is 2.47. The van der Waals surface area contributed by atoms with Crippen molar-refractivity contribution in [1.29, 1.82) is 0 Å². The quantitative estimate of drug-likeness (QED) is 0.603. The summed E-state index contributed by atoms with van der Waals surface area (Å²) < 4.78 is 16.1. The molecule has 2 aromatic rings. The second-order valence-electron chi connectivity index (χ2n) is 5.45. The maximum absolute atomic E-state index is 11.9. The number of anilines is 1. The average molecular weight is 328 g/mol. The van der Waals surface area contributed by atoms with Crippen LogP contribution in [0, 0.1) is 0 Å². The van der Waals surface area contributed by atoms with Gasteiger partial charge in [-0.25, -0.2) is 0 Å². The van der Waals surface area contributed by atoms with Gasteiger partial charge in [-0.3, -0.25) is 4.79 Å². The number of fused-ring (bicyclic) bond motifs is 1. The first-order valence-electron chi connectivity index (χ1n) is 7.85. The summed E-state index contributed by atoms with van der Waals surface area (Å²) in [6.07, 6.45) is 1.03. The molecule has 0 atom stereocenters. The molecule has 3 rings (SSSR count). The summed E-state index contributed by atoms with van der Waals surface area (Å²) in [5.74, 6) is 2.09. The third kappa shape index (κ3) is 4.10. The molecular formula is C18H20N2O4. The van der Waals surface area contributed by atoms with E-state index in [0.717, 1.165) is 17.1 Å². The van der Waals surface area contributed by atoms with Gasteiger partial charge in [-0.15, -0.1) is 0 Å². The Morgan fingerprint density at radius 2 is 2.00 bits per heavy atom. The Morgan fingerprint density at radius 3 is 2.88 bits per heavy atom. The lowest BCUT2D eigenvalue weighted by molar-refractivity contribution is -0.121. The normalized spacial score (nSPS) is 12.0. The molecule has 0 saturated carbocycles. The molecule has 1 aliphatic heterocycles. The molecule has 0 radical (unpaired) electrons. The summed E-state index contributed by atoms with van der Waals surface area (Å²) in [7, 11) is 0. The molecule has 0 saturated heterocycles. The minimum Gasteiger partial charge on any atom is -0.491 e. The van der Waals surface area contributed by atoms with Crippen molar-refractivity contribution in [3.05, 3.63) is 48.0 Å². The molecule has 126 valence electrons. The van der Waals surface area contributed by atoms with Crippen LogP contribution in [0.25, 0.3) is 0 Å². The molecule has 0 aromatic heterocycles. The topological polar surface area (TPSA) is 82.8 Å². The van der Waals surface area contributed by atoms with Crippen LogP contribution in [0.15, 0.2) is 42.5 Å². The summed E-state index contributed by atoms with van der Waals surface area (Å²) in [5, 5.41) is 2.88. The second kappa shape index (κ2) is 7.59. The van der Waals surface area contributed by atoms with Crippen LogP contribution in [0.1, 0.15) is 18.4 Å². The number of benzene rings is 2. The van der Waals surface area contributed by atoms with E-state index in [0.29, 0.717) is 37.4 Å². The molecule has 6 heteroatoms. The van der Waals surface area contributed by atoms with Gasteiger partial charge in [0.1, 0.15) is 5.75 Å². The lowest BCUT2D eigenvalue weighted by Gasteiger charge is -2.09. The number of ether oxygens (including phenoxy) is 3. The predicted molar refractivity (Wildman–Crippen MR) is 90.0 cm³/mol. The molecule has 0 spiro atoms. The summed E-state index contributed by atoms with van der Waals surface area (Å²) in [4.78, 5) is 11.9. The van der Waals surface area contributed by atoms with E-state index in [9.17, 15) is 4.79 Å². The maximum atomic E-state index is 11.9. The van der Waals surface area contributed by atoms with Gasteiger partial charge in [0.25, 0.3) is 0 Å². The molecule has 24 heavy (non-hydrogen) atoms. The highest BCUT2D eigenvalue weighted by Gasteiger charge is 2.13. The van der Waals surface area contributed by atoms with Crippen LogP contribution in [0.2, 0.25) is 0 Å². The molecule has 0 unspecified atom stereocenters.